The molecule has 3 rings (SSSR count). The summed E-state index contributed by atoms with van der Waals surface area (Å²) in [4.78, 5) is 0. The van der Waals surface area contributed by atoms with Gasteiger partial charge in [-0.15, -0.1) is 0 Å². The molecule has 1 aromatic carbocycles. The summed E-state index contributed by atoms with van der Waals surface area (Å²) in [5.74, 6) is 0.0295. The number of nitrogens with zero attached hydrogens (tertiary/aromatic N) is 1. The van der Waals surface area contributed by atoms with Gasteiger partial charge in [-0.05, 0) is 12.5 Å². The molecule has 0 amide bonds. The fraction of sp³-hybridized carbons (Fsp3) is 0.214. The van der Waals surface area contributed by atoms with Crippen molar-refractivity contribution in [2.45, 2.75) is 12.5 Å². The number of benzene rings is 1. The van der Waals surface area contributed by atoms with Crippen LogP contribution in [-0.4, -0.2) is 16.3 Å². The second-order valence-corrected chi connectivity index (χ2v) is 4.90. The zero-order valence-electron chi connectivity index (χ0n) is 10.5. The number of rotatable bonds is 0. The first-order chi connectivity index (χ1) is 9.51. The fourth-order valence-corrected chi connectivity index (χ4v) is 2.67. The van der Waals surface area contributed by atoms with E-state index in [9.17, 15) is 10.2 Å². The highest BCUT2D eigenvalue weighted by Crippen LogP contribution is 2.43. The maximum atomic E-state index is 9.89. The lowest BCUT2D eigenvalue weighted by Crippen LogP contribution is -2.39. The van der Waals surface area contributed by atoms with Crippen molar-refractivity contribution in [2.24, 2.45) is 17.4 Å². The Kier molecular flexibility index (Phi) is 2.51. The van der Waals surface area contributed by atoms with E-state index >= 15 is 0 Å². The number of hydrogen-bond donors (Lipinski definition) is 4. The molecule has 102 valence electrons. The summed E-state index contributed by atoms with van der Waals surface area (Å²) in [5, 5.41) is 28.5. The first-order valence-corrected chi connectivity index (χ1v) is 6.10. The second kappa shape index (κ2) is 4.10. The third-order valence-corrected chi connectivity index (χ3v) is 3.69. The molecule has 1 heterocycles. The van der Waals surface area contributed by atoms with E-state index in [1.165, 1.54) is 12.1 Å². The molecule has 2 aliphatic rings. The summed E-state index contributed by atoms with van der Waals surface area (Å²) in [6, 6.07) is 4.68. The average Bonchev–Trinajstić information content (AvgIpc) is 2.37. The highest BCUT2D eigenvalue weighted by Gasteiger charge is 2.37. The van der Waals surface area contributed by atoms with Gasteiger partial charge in [0.2, 0.25) is 0 Å². The van der Waals surface area contributed by atoms with Gasteiger partial charge >= 0.3 is 0 Å². The van der Waals surface area contributed by atoms with Crippen LogP contribution in [0.4, 0.5) is 0 Å². The van der Waals surface area contributed by atoms with Crippen LogP contribution in [-0.2, 0) is 6.42 Å². The molecule has 0 spiro atoms. The number of hydrogen-bond acceptors (Lipinski definition) is 6. The lowest BCUT2D eigenvalue weighted by molar-refractivity contribution is 0.166. The lowest BCUT2D eigenvalue weighted by Gasteiger charge is -2.35. The molecule has 0 saturated carbocycles. The number of ether oxygens (including phenoxy) is 1. The van der Waals surface area contributed by atoms with Gasteiger partial charge in [-0.2, -0.15) is 5.26 Å². The van der Waals surface area contributed by atoms with Crippen LogP contribution in [0.15, 0.2) is 35.2 Å². The SMILES string of the molecule is N#CC1=C(N)C2Cc3c(O)cc(O)cc3OC2C=C1N. The van der Waals surface area contributed by atoms with Crippen LogP contribution in [0.25, 0.3) is 0 Å². The number of phenolic OH excluding ortho intramolecular Hbond substituents is 2. The highest BCUT2D eigenvalue weighted by atomic mass is 16.5. The molecule has 0 radical (unpaired) electrons. The number of phenols is 2. The minimum atomic E-state index is -0.402. The van der Waals surface area contributed by atoms with Gasteiger partial charge in [0.05, 0.1) is 11.3 Å². The topological polar surface area (TPSA) is 126 Å². The Morgan fingerprint density at radius 2 is 2.05 bits per heavy atom. The molecule has 2 atom stereocenters. The number of nitriles is 1. The normalized spacial score (nSPS) is 24.1. The Balaban J connectivity index is 2.09. The van der Waals surface area contributed by atoms with Crippen LogP contribution < -0.4 is 16.2 Å². The second-order valence-electron chi connectivity index (χ2n) is 4.90. The van der Waals surface area contributed by atoms with Crippen molar-refractivity contribution in [3.05, 3.63) is 40.7 Å². The van der Waals surface area contributed by atoms with Crippen LogP contribution in [0.2, 0.25) is 0 Å². The number of nitrogens with two attached hydrogens (primary N) is 2. The maximum Gasteiger partial charge on any atom is 0.130 e. The van der Waals surface area contributed by atoms with Gasteiger partial charge in [-0.25, -0.2) is 0 Å². The number of fused-ring (bicyclic) bond motifs is 2. The quantitative estimate of drug-likeness (QED) is 0.547. The van der Waals surface area contributed by atoms with E-state index in [2.05, 4.69) is 0 Å². The average molecular weight is 271 g/mol. The van der Waals surface area contributed by atoms with Gasteiger partial charge in [0, 0.05) is 29.3 Å². The molecule has 0 aromatic heterocycles. The van der Waals surface area contributed by atoms with E-state index in [4.69, 9.17) is 21.5 Å². The van der Waals surface area contributed by atoms with Crippen molar-refractivity contribution < 1.29 is 14.9 Å². The predicted molar refractivity (Wildman–Crippen MR) is 70.5 cm³/mol. The molecule has 1 aliphatic heterocycles. The van der Waals surface area contributed by atoms with Gasteiger partial charge in [0.1, 0.15) is 29.4 Å². The van der Waals surface area contributed by atoms with Gasteiger partial charge < -0.3 is 26.4 Å². The lowest BCUT2D eigenvalue weighted by atomic mass is 9.82. The summed E-state index contributed by atoms with van der Waals surface area (Å²) in [6.45, 7) is 0. The van der Waals surface area contributed by atoms with Crippen molar-refractivity contribution in [3.63, 3.8) is 0 Å². The van der Waals surface area contributed by atoms with E-state index in [1.807, 2.05) is 6.07 Å². The van der Waals surface area contributed by atoms with Crippen LogP contribution in [0.3, 0.4) is 0 Å². The van der Waals surface area contributed by atoms with Crippen LogP contribution in [0, 0.1) is 17.2 Å². The van der Waals surface area contributed by atoms with Gasteiger partial charge in [0.15, 0.2) is 0 Å². The van der Waals surface area contributed by atoms with Gasteiger partial charge in [-0.1, -0.05) is 0 Å². The summed E-state index contributed by atoms with van der Waals surface area (Å²) < 4.78 is 5.73. The Hall–Kier alpha value is -2.81. The maximum absolute atomic E-state index is 9.89. The molecule has 0 bridgehead atoms. The first-order valence-electron chi connectivity index (χ1n) is 6.10. The van der Waals surface area contributed by atoms with E-state index in [0.717, 1.165) is 0 Å². The third-order valence-electron chi connectivity index (χ3n) is 3.69. The molecule has 1 aliphatic carbocycles. The Morgan fingerprint density at radius 3 is 2.75 bits per heavy atom. The predicted octanol–water partition coefficient (Wildman–Crippen LogP) is 0.610. The molecular weight excluding hydrogens is 258 g/mol. The zero-order valence-corrected chi connectivity index (χ0v) is 10.5. The zero-order chi connectivity index (χ0) is 14.4. The van der Waals surface area contributed by atoms with E-state index < -0.39 is 6.10 Å². The number of aromatic hydroxyl groups is 2. The largest absolute Gasteiger partial charge is 0.508 e. The summed E-state index contributed by atoms with van der Waals surface area (Å²) >= 11 is 0. The molecule has 6 N–H and O–H groups in total. The van der Waals surface area contributed by atoms with Crippen LogP contribution in [0.1, 0.15) is 5.56 Å². The molecule has 6 heteroatoms. The molecule has 1 aromatic rings. The molecule has 0 saturated heterocycles. The smallest absolute Gasteiger partial charge is 0.130 e. The van der Waals surface area contributed by atoms with E-state index in [1.54, 1.807) is 6.08 Å². The van der Waals surface area contributed by atoms with Crippen molar-refractivity contribution in [2.75, 3.05) is 0 Å². The Morgan fingerprint density at radius 1 is 1.30 bits per heavy atom. The summed E-state index contributed by atoms with van der Waals surface area (Å²) in [5.41, 5.74) is 13.3. The molecular formula is C14H13N3O3. The van der Waals surface area contributed by atoms with Crippen LogP contribution in [0.5, 0.6) is 17.2 Å². The van der Waals surface area contributed by atoms with E-state index in [-0.39, 0.29) is 23.0 Å². The monoisotopic (exact) mass is 271 g/mol. The van der Waals surface area contributed by atoms with Crippen LogP contribution >= 0.6 is 0 Å². The molecule has 6 nitrogen and oxygen atoms in total. The molecule has 0 fully saturated rings. The minimum Gasteiger partial charge on any atom is -0.508 e. The van der Waals surface area contributed by atoms with E-state index in [0.29, 0.717) is 29.1 Å². The third kappa shape index (κ3) is 1.64. The molecule has 20 heavy (non-hydrogen) atoms. The van der Waals surface area contributed by atoms with Gasteiger partial charge in [0.25, 0.3) is 0 Å². The summed E-state index contributed by atoms with van der Waals surface area (Å²) in [6.07, 6.45) is 1.66. The van der Waals surface area contributed by atoms with Crippen molar-refractivity contribution >= 4 is 0 Å². The molecule has 2 unspecified atom stereocenters. The first kappa shape index (κ1) is 12.2. The van der Waals surface area contributed by atoms with Gasteiger partial charge in [-0.3, -0.25) is 0 Å². The fourth-order valence-electron chi connectivity index (χ4n) is 2.67. The minimum absolute atomic E-state index is 0.0488. The Labute approximate surface area is 115 Å². The van der Waals surface area contributed by atoms with Crippen molar-refractivity contribution in [1.29, 1.82) is 5.26 Å². The van der Waals surface area contributed by atoms with Crippen molar-refractivity contribution in [1.82, 2.24) is 0 Å². The van der Waals surface area contributed by atoms with Crippen molar-refractivity contribution in [3.8, 4) is 23.3 Å². The highest BCUT2D eigenvalue weighted by molar-refractivity contribution is 5.54. The Bertz CT molecular complexity index is 700. The number of allylic oxidation sites excluding steroid dienone is 1. The standard InChI is InChI=1S/C14H13N3O3/c15-5-9-10(16)4-13-8(14(9)17)3-7-11(19)1-6(18)2-12(7)20-13/h1-2,4,8,13,18-19H,3,16-17H2. The summed E-state index contributed by atoms with van der Waals surface area (Å²) in [7, 11) is 0.